The molecule has 0 bridgehead atoms. The first kappa shape index (κ1) is 20.2. The van der Waals surface area contributed by atoms with E-state index in [0.29, 0.717) is 5.92 Å². The molecular weight excluding hydrogens is 356 g/mol. The molecule has 2 aliphatic rings. The summed E-state index contributed by atoms with van der Waals surface area (Å²) in [6.45, 7) is 4.81. The van der Waals surface area contributed by atoms with Crippen molar-refractivity contribution >= 4 is 11.6 Å². The fourth-order valence-corrected chi connectivity index (χ4v) is 5.57. The maximum atomic E-state index is 12.4. The van der Waals surface area contributed by atoms with Crippen molar-refractivity contribution < 1.29 is 4.79 Å². The van der Waals surface area contributed by atoms with Crippen LogP contribution in [0.4, 0.5) is 5.69 Å². The van der Waals surface area contributed by atoms with Crippen LogP contribution in [-0.4, -0.2) is 19.0 Å². The van der Waals surface area contributed by atoms with E-state index in [1.807, 2.05) is 11.9 Å². The van der Waals surface area contributed by atoms with E-state index in [0.717, 1.165) is 24.6 Å². The number of nitrogens with one attached hydrogen (secondary N) is 1. The summed E-state index contributed by atoms with van der Waals surface area (Å²) in [4.78, 5) is 14.5. The van der Waals surface area contributed by atoms with Gasteiger partial charge in [0.15, 0.2) is 0 Å². The predicted molar refractivity (Wildman–Crippen MR) is 121 cm³/mol. The van der Waals surface area contributed by atoms with Gasteiger partial charge in [-0.05, 0) is 79.5 Å². The summed E-state index contributed by atoms with van der Waals surface area (Å²) in [6, 6.07) is 15.9. The number of benzene rings is 2. The molecule has 2 aromatic rings. The van der Waals surface area contributed by atoms with Crippen LogP contribution in [0.1, 0.15) is 69.4 Å². The molecule has 1 heterocycles. The summed E-state index contributed by atoms with van der Waals surface area (Å²) in [5, 5.41) is 3.21. The van der Waals surface area contributed by atoms with Crippen LogP contribution in [0.2, 0.25) is 0 Å². The molecule has 0 radical (unpaired) electrons. The fourth-order valence-electron chi connectivity index (χ4n) is 5.57. The van der Waals surface area contributed by atoms with Gasteiger partial charge in [0.2, 0.25) is 5.91 Å². The molecule has 1 aliphatic heterocycles. The van der Waals surface area contributed by atoms with Crippen LogP contribution in [0.25, 0.3) is 11.1 Å². The second-order valence-electron chi connectivity index (χ2n) is 8.98. The van der Waals surface area contributed by atoms with Crippen molar-refractivity contribution in [2.45, 2.75) is 70.9 Å². The van der Waals surface area contributed by atoms with Gasteiger partial charge < -0.3 is 10.2 Å². The molecule has 1 N–H and O–H groups in total. The Morgan fingerprint density at radius 1 is 1.03 bits per heavy atom. The second kappa shape index (κ2) is 8.71. The Hall–Kier alpha value is -2.13. The summed E-state index contributed by atoms with van der Waals surface area (Å²) in [5.41, 5.74) is 6.34. The monoisotopic (exact) mass is 390 g/mol. The molecule has 1 amide bonds. The van der Waals surface area contributed by atoms with E-state index in [9.17, 15) is 4.79 Å². The van der Waals surface area contributed by atoms with Gasteiger partial charge in [-0.15, -0.1) is 0 Å². The standard InChI is InChI=1S/C26H34N2O/c1-18-15-24(22-7-5-4-6-8-22)25-16-23(13-14-26(25)28(18)19(2)29)21-11-9-20(10-12-21)17-27-3/h9-14,16,18,22,24,27H,4-8,15,17H2,1-3H3/t18-,24?/m0/s1. The molecule has 0 saturated heterocycles. The van der Waals surface area contributed by atoms with Gasteiger partial charge in [-0.25, -0.2) is 0 Å². The van der Waals surface area contributed by atoms with E-state index in [4.69, 9.17) is 0 Å². The highest BCUT2D eigenvalue weighted by atomic mass is 16.2. The van der Waals surface area contributed by atoms with Gasteiger partial charge in [-0.3, -0.25) is 4.79 Å². The number of nitrogens with zero attached hydrogens (tertiary/aromatic N) is 1. The number of hydrogen-bond acceptors (Lipinski definition) is 2. The van der Waals surface area contributed by atoms with Crippen LogP contribution in [-0.2, 0) is 11.3 Å². The van der Waals surface area contributed by atoms with Gasteiger partial charge in [0.25, 0.3) is 0 Å². The minimum atomic E-state index is 0.157. The first-order valence-corrected chi connectivity index (χ1v) is 11.3. The molecule has 154 valence electrons. The van der Waals surface area contributed by atoms with Gasteiger partial charge in [0.05, 0.1) is 0 Å². The number of fused-ring (bicyclic) bond motifs is 1. The molecule has 1 aliphatic carbocycles. The molecule has 0 spiro atoms. The topological polar surface area (TPSA) is 32.3 Å². The van der Waals surface area contributed by atoms with E-state index in [1.54, 1.807) is 6.92 Å². The van der Waals surface area contributed by atoms with E-state index in [2.05, 4.69) is 54.7 Å². The zero-order chi connectivity index (χ0) is 20.4. The van der Waals surface area contributed by atoms with Crippen molar-refractivity contribution in [3.8, 4) is 11.1 Å². The molecule has 2 atom stereocenters. The smallest absolute Gasteiger partial charge is 0.224 e. The van der Waals surface area contributed by atoms with Gasteiger partial charge in [-0.2, -0.15) is 0 Å². The summed E-state index contributed by atoms with van der Waals surface area (Å²) < 4.78 is 0. The number of hydrogen-bond donors (Lipinski definition) is 1. The lowest BCUT2D eigenvalue weighted by Crippen LogP contribution is -2.43. The van der Waals surface area contributed by atoms with E-state index < -0.39 is 0 Å². The van der Waals surface area contributed by atoms with Crippen molar-refractivity contribution in [3.05, 3.63) is 53.6 Å². The van der Waals surface area contributed by atoms with Crippen molar-refractivity contribution in [2.75, 3.05) is 11.9 Å². The Balaban J connectivity index is 1.73. The molecule has 1 unspecified atom stereocenters. The van der Waals surface area contributed by atoms with Crippen molar-refractivity contribution in [1.29, 1.82) is 0 Å². The third-order valence-electron chi connectivity index (χ3n) is 6.95. The summed E-state index contributed by atoms with van der Waals surface area (Å²) in [7, 11) is 1.98. The Morgan fingerprint density at radius 3 is 2.38 bits per heavy atom. The van der Waals surface area contributed by atoms with Crippen LogP contribution in [0.3, 0.4) is 0 Å². The summed E-state index contributed by atoms with van der Waals surface area (Å²) in [6.07, 6.45) is 7.84. The normalized spacial score (nSPS) is 22.4. The van der Waals surface area contributed by atoms with E-state index in [-0.39, 0.29) is 11.9 Å². The third-order valence-corrected chi connectivity index (χ3v) is 6.95. The lowest BCUT2D eigenvalue weighted by molar-refractivity contribution is -0.117. The van der Waals surface area contributed by atoms with Crippen molar-refractivity contribution in [1.82, 2.24) is 5.32 Å². The average Bonchev–Trinajstić information content (AvgIpc) is 2.74. The SMILES string of the molecule is CNCc1ccc(-c2ccc3c(c2)C(C2CCCCC2)C[C@H](C)N3C(C)=O)cc1. The van der Waals surface area contributed by atoms with Crippen LogP contribution < -0.4 is 10.2 Å². The first-order valence-electron chi connectivity index (χ1n) is 11.3. The number of amides is 1. The van der Waals surface area contributed by atoms with Crippen LogP contribution in [0.5, 0.6) is 0 Å². The van der Waals surface area contributed by atoms with Crippen LogP contribution in [0, 0.1) is 5.92 Å². The van der Waals surface area contributed by atoms with E-state index >= 15 is 0 Å². The Kier molecular flexibility index (Phi) is 6.05. The molecule has 4 rings (SSSR count). The largest absolute Gasteiger partial charge is 0.316 e. The molecular formula is C26H34N2O. The average molecular weight is 391 g/mol. The Morgan fingerprint density at radius 2 is 1.72 bits per heavy atom. The molecule has 3 nitrogen and oxygen atoms in total. The highest BCUT2D eigenvalue weighted by Crippen LogP contribution is 2.47. The minimum absolute atomic E-state index is 0.157. The molecule has 1 fully saturated rings. The number of carbonyl (C=O) groups excluding carboxylic acids is 1. The Labute approximate surface area is 175 Å². The zero-order valence-corrected chi connectivity index (χ0v) is 18.1. The zero-order valence-electron chi connectivity index (χ0n) is 18.1. The maximum Gasteiger partial charge on any atom is 0.224 e. The third kappa shape index (κ3) is 4.11. The molecule has 1 saturated carbocycles. The Bertz CT molecular complexity index is 852. The highest BCUT2D eigenvalue weighted by Gasteiger charge is 2.36. The number of rotatable bonds is 4. The number of anilines is 1. The summed E-state index contributed by atoms with van der Waals surface area (Å²) in [5.74, 6) is 1.48. The molecule has 0 aromatic heterocycles. The molecule has 3 heteroatoms. The van der Waals surface area contributed by atoms with Gasteiger partial charge in [-0.1, -0.05) is 49.6 Å². The minimum Gasteiger partial charge on any atom is -0.316 e. The first-order chi connectivity index (χ1) is 14.1. The second-order valence-corrected chi connectivity index (χ2v) is 8.98. The number of carbonyl (C=O) groups is 1. The quantitative estimate of drug-likeness (QED) is 0.707. The van der Waals surface area contributed by atoms with Crippen molar-refractivity contribution in [3.63, 3.8) is 0 Å². The lowest BCUT2D eigenvalue weighted by Gasteiger charge is -2.43. The summed E-state index contributed by atoms with van der Waals surface area (Å²) >= 11 is 0. The van der Waals surface area contributed by atoms with Crippen LogP contribution in [0.15, 0.2) is 42.5 Å². The highest BCUT2D eigenvalue weighted by molar-refractivity contribution is 5.94. The van der Waals surface area contributed by atoms with Gasteiger partial charge >= 0.3 is 0 Å². The predicted octanol–water partition coefficient (Wildman–Crippen LogP) is 5.88. The van der Waals surface area contributed by atoms with Gasteiger partial charge in [0, 0.05) is 25.2 Å². The van der Waals surface area contributed by atoms with Gasteiger partial charge in [0.1, 0.15) is 0 Å². The molecule has 2 aromatic carbocycles. The molecule has 29 heavy (non-hydrogen) atoms. The van der Waals surface area contributed by atoms with E-state index in [1.165, 1.54) is 54.4 Å². The fraction of sp³-hybridized carbons (Fsp3) is 0.500. The maximum absolute atomic E-state index is 12.4. The van der Waals surface area contributed by atoms with Crippen molar-refractivity contribution in [2.24, 2.45) is 5.92 Å². The van der Waals surface area contributed by atoms with Crippen LogP contribution >= 0.6 is 0 Å². The lowest BCUT2D eigenvalue weighted by atomic mass is 9.71.